The Morgan fingerprint density at radius 2 is 1.94 bits per heavy atom. The number of carbonyl (C=O) groups is 1. The van der Waals surface area contributed by atoms with Crippen molar-refractivity contribution >= 4 is 29.2 Å². The third-order valence-electron chi connectivity index (χ3n) is 2.39. The van der Waals surface area contributed by atoms with E-state index < -0.39 is 5.97 Å². The van der Waals surface area contributed by atoms with E-state index in [1.807, 2.05) is 6.92 Å². The first-order valence-electron chi connectivity index (χ1n) is 5.17. The highest BCUT2D eigenvalue weighted by Gasteiger charge is 2.18. The molecule has 5 nitrogen and oxygen atoms in total. The Hall–Kier alpha value is -1.59. The van der Waals surface area contributed by atoms with Crippen molar-refractivity contribution < 1.29 is 9.90 Å². The number of nitrogens with zero attached hydrogens (tertiary/aromatic N) is 3. The van der Waals surface area contributed by atoms with Gasteiger partial charge in [0.15, 0.2) is 5.69 Å². The standard InChI is InChI=1S/C11H9Cl2N3O2/c1-2-9-10(11(17)18)14-15-16(9)8-4-6(12)3-7(13)5-8/h3-5H,2H2,1H3,(H,17,18). The zero-order chi connectivity index (χ0) is 13.3. The lowest BCUT2D eigenvalue weighted by molar-refractivity contribution is 0.0689. The van der Waals surface area contributed by atoms with E-state index in [0.717, 1.165) is 0 Å². The van der Waals surface area contributed by atoms with Gasteiger partial charge in [-0.15, -0.1) is 5.10 Å². The number of hydrogen-bond donors (Lipinski definition) is 1. The molecule has 0 saturated heterocycles. The SMILES string of the molecule is CCc1c(C(=O)O)nnn1-c1cc(Cl)cc(Cl)c1. The molecule has 0 aliphatic carbocycles. The number of aromatic carboxylic acids is 1. The maximum Gasteiger partial charge on any atom is 0.358 e. The first-order valence-corrected chi connectivity index (χ1v) is 5.93. The predicted octanol–water partition coefficient (Wildman–Crippen LogP) is 2.83. The van der Waals surface area contributed by atoms with Crippen molar-refractivity contribution in [3.8, 4) is 5.69 Å². The van der Waals surface area contributed by atoms with Crippen LogP contribution in [0.2, 0.25) is 10.0 Å². The summed E-state index contributed by atoms with van der Waals surface area (Å²) in [5.74, 6) is -1.11. The van der Waals surface area contributed by atoms with Gasteiger partial charge in [-0.25, -0.2) is 9.48 Å². The van der Waals surface area contributed by atoms with Crippen molar-refractivity contribution in [3.63, 3.8) is 0 Å². The van der Waals surface area contributed by atoms with E-state index in [2.05, 4.69) is 10.3 Å². The number of carboxylic acids is 1. The van der Waals surface area contributed by atoms with Gasteiger partial charge in [0.05, 0.1) is 11.4 Å². The maximum absolute atomic E-state index is 11.0. The van der Waals surface area contributed by atoms with Crippen LogP contribution in [-0.2, 0) is 6.42 Å². The van der Waals surface area contributed by atoms with Crippen LogP contribution >= 0.6 is 23.2 Å². The van der Waals surface area contributed by atoms with Crippen molar-refractivity contribution in [2.24, 2.45) is 0 Å². The minimum Gasteiger partial charge on any atom is -0.476 e. The largest absolute Gasteiger partial charge is 0.476 e. The number of aromatic nitrogens is 3. The third kappa shape index (κ3) is 2.32. The summed E-state index contributed by atoms with van der Waals surface area (Å²) in [4.78, 5) is 11.0. The fourth-order valence-electron chi connectivity index (χ4n) is 1.65. The first kappa shape index (κ1) is 12.9. The Balaban J connectivity index is 2.60. The van der Waals surface area contributed by atoms with Crippen LogP contribution in [0.1, 0.15) is 23.1 Å². The molecule has 1 aromatic carbocycles. The van der Waals surface area contributed by atoms with E-state index in [1.165, 1.54) is 4.68 Å². The second-order valence-corrected chi connectivity index (χ2v) is 4.46. The third-order valence-corrected chi connectivity index (χ3v) is 2.83. The van der Waals surface area contributed by atoms with Gasteiger partial charge in [0.25, 0.3) is 0 Å². The van der Waals surface area contributed by atoms with Gasteiger partial charge in [-0.2, -0.15) is 0 Å². The smallest absolute Gasteiger partial charge is 0.358 e. The fourth-order valence-corrected chi connectivity index (χ4v) is 2.17. The summed E-state index contributed by atoms with van der Waals surface area (Å²) >= 11 is 11.8. The molecule has 0 aliphatic rings. The lowest BCUT2D eigenvalue weighted by atomic mass is 10.2. The van der Waals surface area contributed by atoms with E-state index in [-0.39, 0.29) is 5.69 Å². The van der Waals surface area contributed by atoms with Crippen molar-refractivity contribution in [3.05, 3.63) is 39.6 Å². The fraction of sp³-hybridized carbons (Fsp3) is 0.182. The summed E-state index contributed by atoms with van der Waals surface area (Å²) in [5.41, 5.74) is 1.03. The minimum atomic E-state index is -1.11. The van der Waals surface area contributed by atoms with Gasteiger partial charge in [-0.1, -0.05) is 35.3 Å². The van der Waals surface area contributed by atoms with Crippen molar-refractivity contribution in [1.29, 1.82) is 0 Å². The Bertz CT molecular complexity index is 590. The Labute approximate surface area is 113 Å². The molecular formula is C11H9Cl2N3O2. The van der Waals surface area contributed by atoms with Crippen molar-refractivity contribution in [1.82, 2.24) is 15.0 Å². The van der Waals surface area contributed by atoms with Crippen LogP contribution < -0.4 is 0 Å². The van der Waals surface area contributed by atoms with Crippen LogP contribution in [0.4, 0.5) is 0 Å². The van der Waals surface area contributed by atoms with E-state index in [0.29, 0.717) is 27.8 Å². The average molecular weight is 286 g/mol. The molecule has 1 aromatic heterocycles. The predicted molar refractivity (Wildman–Crippen MR) is 67.7 cm³/mol. The molecule has 0 fully saturated rings. The van der Waals surface area contributed by atoms with E-state index in [4.69, 9.17) is 28.3 Å². The second kappa shape index (κ2) is 4.96. The molecule has 0 bridgehead atoms. The molecule has 1 N–H and O–H groups in total. The van der Waals surface area contributed by atoms with E-state index in [1.54, 1.807) is 18.2 Å². The van der Waals surface area contributed by atoms with Crippen molar-refractivity contribution in [2.75, 3.05) is 0 Å². The first-order chi connectivity index (χ1) is 8.52. The molecule has 0 spiro atoms. The molecule has 0 radical (unpaired) electrons. The quantitative estimate of drug-likeness (QED) is 0.942. The lowest BCUT2D eigenvalue weighted by Crippen LogP contribution is -2.05. The van der Waals surface area contributed by atoms with Gasteiger partial charge in [0.2, 0.25) is 0 Å². The molecule has 7 heteroatoms. The van der Waals surface area contributed by atoms with E-state index >= 15 is 0 Å². The van der Waals surface area contributed by atoms with Crippen LogP contribution in [0.3, 0.4) is 0 Å². The summed E-state index contributed by atoms with van der Waals surface area (Å²) < 4.78 is 1.43. The molecule has 0 aliphatic heterocycles. The number of halogens is 2. The van der Waals surface area contributed by atoms with Crippen LogP contribution in [0.25, 0.3) is 5.69 Å². The number of benzene rings is 1. The zero-order valence-electron chi connectivity index (χ0n) is 9.39. The maximum atomic E-state index is 11.0. The molecule has 0 amide bonds. The summed E-state index contributed by atoms with van der Waals surface area (Å²) in [7, 11) is 0. The van der Waals surface area contributed by atoms with Gasteiger partial charge < -0.3 is 5.11 Å². The average Bonchev–Trinajstić information content (AvgIpc) is 2.70. The van der Waals surface area contributed by atoms with Crippen LogP contribution in [-0.4, -0.2) is 26.1 Å². The molecule has 2 rings (SSSR count). The molecule has 2 aromatic rings. The molecule has 0 saturated carbocycles. The molecule has 0 atom stereocenters. The molecule has 94 valence electrons. The highest BCUT2D eigenvalue weighted by molar-refractivity contribution is 6.34. The number of hydrogen-bond acceptors (Lipinski definition) is 3. The zero-order valence-corrected chi connectivity index (χ0v) is 10.9. The Morgan fingerprint density at radius 3 is 2.44 bits per heavy atom. The van der Waals surface area contributed by atoms with Gasteiger partial charge in [0, 0.05) is 10.0 Å². The monoisotopic (exact) mass is 285 g/mol. The van der Waals surface area contributed by atoms with Gasteiger partial charge >= 0.3 is 5.97 Å². The Morgan fingerprint density at radius 1 is 1.33 bits per heavy atom. The number of carboxylic acid groups (broad SMARTS) is 1. The van der Waals surface area contributed by atoms with Crippen molar-refractivity contribution in [2.45, 2.75) is 13.3 Å². The van der Waals surface area contributed by atoms with Crippen LogP contribution in [0.15, 0.2) is 18.2 Å². The highest BCUT2D eigenvalue weighted by atomic mass is 35.5. The van der Waals surface area contributed by atoms with E-state index in [9.17, 15) is 4.79 Å². The molecule has 1 heterocycles. The highest BCUT2D eigenvalue weighted by Crippen LogP contribution is 2.23. The molecule has 18 heavy (non-hydrogen) atoms. The van der Waals surface area contributed by atoms with Gasteiger partial charge in [-0.05, 0) is 24.6 Å². The van der Waals surface area contributed by atoms with Crippen LogP contribution in [0.5, 0.6) is 0 Å². The summed E-state index contributed by atoms with van der Waals surface area (Å²) in [5, 5.41) is 17.4. The topological polar surface area (TPSA) is 68.0 Å². The minimum absolute atomic E-state index is 0.0615. The van der Waals surface area contributed by atoms with Crippen LogP contribution in [0, 0.1) is 0 Å². The Kier molecular flexibility index (Phi) is 3.54. The summed E-state index contributed by atoms with van der Waals surface area (Å²) in [6, 6.07) is 4.88. The van der Waals surface area contributed by atoms with Gasteiger partial charge in [0.1, 0.15) is 0 Å². The summed E-state index contributed by atoms with van der Waals surface area (Å²) in [6.45, 7) is 1.83. The number of rotatable bonds is 3. The second-order valence-electron chi connectivity index (χ2n) is 3.58. The van der Waals surface area contributed by atoms with Gasteiger partial charge in [-0.3, -0.25) is 0 Å². The normalized spacial score (nSPS) is 10.6. The molecular weight excluding hydrogens is 277 g/mol. The summed E-state index contributed by atoms with van der Waals surface area (Å²) in [6.07, 6.45) is 0.485. The molecule has 0 unspecified atom stereocenters. The lowest BCUT2D eigenvalue weighted by Gasteiger charge is -2.06.